The molecule has 0 bridgehead atoms. The van der Waals surface area contributed by atoms with Crippen LogP contribution in [0.4, 0.5) is 8.78 Å². The van der Waals surface area contributed by atoms with Crippen LogP contribution < -0.4 is 5.32 Å². The number of benzene rings is 1. The van der Waals surface area contributed by atoms with Crippen molar-refractivity contribution in [1.82, 2.24) is 10.2 Å². The fraction of sp³-hybridized carbons (Fsp3) is 0.500. The van der Waals surface area contributed by atoms with E-state index in [-0.39, 0.29) is 12.3 Å². The Morgan fingerprint density at radius 1 is 1.40 bits per heavy atom. The van der Waals surface area contributed by atoms with E-state index in [1.54, 1.807) is 18.2 Å². The summed E-state index contributed by atoms with van der Waals surface area (Å²) in [4.78, 5) is 13.9. The Morgan fingerprint density at radius 3 is 2.70 bits per heavy atom. The molecule has 3 nitrogen and oxygen atoms in total. The van der Waals surface area contributed by atoms with Crippen molar-refractivity contribution >= 4 is 17.5 Å². The Morgan fingerprint density at radius 2 is 2.15 bits per heavy atom. The molecule has 1 amide bonds. The van der Waals surface area contributed by atoms with Gasteiger partial charge in [0, 0.05) is 18.0 Å². The van der Waals surface area contributed by atoms with E-state index in [0.29, 0.717) is 17.1 Å². The van der Waals surface area contributed by atoms with Crippen LogP contribution in [0.5, 0.6) is 0 Å². The molecule has 0 radical (unpaired) electrons. The van der Waals surface area contributed by atoms with Crippen molar-refractivity contribution in [2.45, 2.75) is 25.3 Å². The van der Waals surface area contributed by atoms with Gasteiger partial charge in [0.05, 0.1) is 0 Å². The van der Waals surface area contributed by atoms with Crippen molar-refractivity contribution in [2.24, 2.45) is 0 Å². The molecular weight excluding hydrogens is 286 g/mol. The quantitative estimate of drug-likeness (QED) is 0.876. The molecule has 0 saturated carbocycles. The van der Waals surface area contributed by atoms with Crippen LogP contribution in [0.15, 0.2) is 24.3 Å². The third kappa shape index (κ3) is 4.15. The number of hydrogen-bond acceptors (Lipinski definition) is 2. The SMILES string of the molecule is O=C(CCN1CCC1)N[C@H](c1cccc(Cl)c1)C(F)F. The third-order valence-corrected chi connectivity index (χ3v) is 3.62. The number of amides is 1. The summed E-state index contributed by atoms with van der Waals surface area (Å²) < 4.78 is 26.2. The molecule has 0 aromatic heterocycles. The van der Waals surface area contributed by atoms with Crippen LogP contribution in [0.25, 0.3) is 0 Å². The second-order valence-corrected chi connectivity index (χ2v) is 5.32. The highest BCUT2D eigenvalue weighted by Crippen LogP contribution is 2.23. The van der Waals surface area contributed by atoms with Gasteiger partial charge < -0.3 is 10.2 Å². The lowest BCUT2D eigenvalue weighted by Crippen LogP contribution is -2.40. The summed E-state index contributed by atoms with van der Waals surface area (Å²) in [6.07, 6.45) is -1.28. The molecule has 0 spiro atoms. The van der Waals surface area contributed by atoms with Gasteiger partial charge >= 0.3 is 0 Å². The number of alkyl halides is 2. The molecule has 6 heteroatoms. The molecule has 1 aromatic rings. The fourth-order valence-electron chi connectivity index (χ4n) is 2.10. The number of nitrogens with one attached hydrogen (secondary N) is 1. The lowest BCUT2D eigenvalue weighted by atomic mass is 10.1. The number of likely N-dealkylation sites (tertiary alicyclic amines) is 1. The fourth-order valence-corrected chi connectivity index (χ4v) is 2.30. The van der Waals surface area contributed by atoms with Gasteiger partial charge in [-0.1, -0.05) is 23.7 Å². The number of rotatable bonds is 6. The zero-order valence-electron chi connectivity index (χ0n) is 11.0. The minimum absolute atomic E-state index is 0.240. The number of hydrogen-bond donors (Lipinski definition) is 1. The van der Waals surface area contributed by atoms with E-state index in [2.05, 4.69) is 10.2 Å². The van der Waals surface area contributed by atoms with Crippen LogP contribution in [0.1, 0.15) is 24.4 Å². The van der Waals surface area contributed by atoms with Crippen LogP contribution in [0, 0.1) is 0 Å². The molecule has 1 atom stereocenters. The minimum atomic E-state index is -2.67. The number of halogens is 3. The Hall–Kier alpha value is -1.20. The normalized spacial score (nSPS) is 16.8. The predicted octanol–water partition coefficient (Wildman–Crippen LogP) is 2.86. The van der Waals surface area contributed by atoms with Gasteiger partial charge in [0.25, 0.3) is 6.43 Å². The summed E-state index contributed by atoms with van der Waals surface area (Å²) in [5.41, 5.74) is 0.324. The molecule has 0 unspecified atom stereocenters. The molecular formula is C14H17ClF2N2O. The average molecular weight is 303 g/mol. The van der Waals surface area contributed by atoms with Crippen LogP contribution in [-0.2, 0) is 4.79 Å². The summed E-state index contributed by atoms with van der Waals surface area (Å²) in [5, 5.41) is 2.77. The standard InChI is InChI=1S/C14H17ClF2N2O/c15-11-4-1-3-10(9-11)13(14(16)17)18-12(20)5-8-19-6-2-7-19/h1,3-4,9,13-14H,2,5-8H2,(H,18,20)/t13-/m1/s1. The first kappa shape index (κ1) is 15.2. The van der Waals surface area contributed by atoms with Crippen molar-refractivity contribution in [3.8, 4) is 0 Å². The zero-order valence-corrected chi connectivity index (χ0v) is 11.7. The van der Waals surface area contributed by atoms with Gasteiger partial charge in [-0.2, -0.15) is 0 Å². The summed E-state index contributed by atoms with van der Waals surface area (Å²) in [5.74, 6) is -0.359. The van der Waals surface area contributed by atoms with Gasteiger partial charge in [0.2, 0.25) is 5.91 Å². The molecule has 110 valence electrons. The lowest BCUT2D eigenvalue weighted by molar-refractivity contribution is -0.123. The Labute approximate surface area is 121 Å². The van der Waals surface area contributed by atoms with E-state index in [1.807, 2.05) is 0 Å². The molecule has 20 heavy (non-hydrogen) atoms. The summed E-state index contributed by atoms with van der Waals surface area (Å²) in [6, 6.07) is 4.89. The summed E-state index contributed by atoms with van der Waals surface area (Å²) >= 11 is 5.80. The topological polar surface area (TPSA) is 32.3 Å². The zero-order chi connectivity index (χ0) is 14.5. The Kier molecular flexibility index (Phi) is 5.31. The molecule has 2 rings (SSSR count). The molecule has 1 aliphatic rings. The summed E-state index contributed by atoms with van der Waals surface area (Å²) in [6.45, 7) is 2.59. The molecule has 1 saturated heterocycles. The Bertz CT molecular complexity index is 466. The second-order valence-electron chi connectivity index (χ2n) is 4.88. The molecule has 1 heterocycles. The minimum Gasteiger partial charge on any atom is -0.344 e. The van der Waals surface area contributed by atoms with Crippen molar-refractivity contribution in [1.29, 1.82) is 0 Å². The molecule has 0 aliphatic carbocycles. The van der Waals surface area contributed by atoms with Crippen LogP contribution in [-0.4, -0.2) is 36.9 Å². The van der Waals surface area contributed by atoms with Gasteiger partial charge in [-0.15, -0.1) is 0 Å². The largest absolute Gasteiger partial charge is 0.344 e. The van der Waals surface area contributed by atoms with E-state index in [1.165, 1.54) is 6.07 Å². The highest BCUT2D eigenvalue weighted by molar-refractivity contribution is 6.30. The maximum absolute atomic E-state index is 13.1. The summed E-state index contributed by atoms with van der Waals surface area (Å²) in [7, 11) is 0. The van der Waals surface area contributed by atoms with E-state index >= 15 is 0 Å². The number of carbonyl (C=O) groups excluding carboxylic acids is 1. The first-order valence-corrected chi connectivity index (χ1v) is 6.99. The van der Waals surface area contributed by atoms with E-state index in [9.17, 15) is 13.6 Å². The van der Waals surface area contributed by atoms with E-state index in [0.717, 1.165) is 19.5 Å². The lowest BCUT2D eigenvalue weighted by Gasteiger charge is -2.30. The first-order valence-electron chi connectivity index (χ1n) is 6.61. The van der Waals surface area contributed by atoms with E-state index < -0.39 is 12.5 Å². The van der Waals surface area contributed by atoms with Gasteiger partial charge in [-0.05, 0) is 37.2 Å². The molecule has 1 N–H and O–H groups in total. The van der Waals surface area contributed by atoms with E-state index in [4.69, 9.17) is 11.6 Å². The van der Waals surface area contributed by atoms with Gasteiger partial charge in [-0.3, -0.25) is 4.79 Å². The number of nitrogens with zero attached hydrogens (tertiary/aromatic N) is 1. The second kappa shape index (κ2) is 6.99. The monoisotopic (exact) mass is 302 g/mol. The maximum atomic E-state index is 13.1. The Balaban J connectivity index is 1.92. The predicted molar refractivity (Wildman–Crippen MR) is 74.0 cm³/mol. The van der Waals surface area contributed by atoms with Crippen molar-refractivity contribution < 1.29 is 13.6 Å². The van der Waals surface area contributed by atoms with Crippen LogP contribution in [0.3, 0.4) is 0 Å². The molecule has 1 fully saturated rings. The van der Waals surface area contributed by atoms with Crippen molar-refractivity contribution in [2.75, 3.05) is 19.6 Å². The van der Waals surface area contributed by atoms with Gasteiger partial charge in [0.1, 0.15) is 6.04 Å². The molecule has 1 aliphatic heterocycles. The smallest absolute Gasteiger partial charge is 0.262 e. The van der Waals surface area contributed by atoms with Crippen LogP contribution >= 0.6 is 11.6 Å². The maximum Gasteiger partial charge on any atom is 0.262 e. The van der Waals surface area contributed by atoms with Crippen molar-refractivity contribution in [3.63, 3.8) is 0 Å². The van der Waals surface area contributed by atoms with Gasteiger partial charge in [-0.25, -0.2) is 8.78 Å². The first-order chi connectivity index (χ1) is 9.56. The molecule has 1 aromatic carbocycles. The average Bonchev–Trinajstić information content (AvgIpc) is 2.33. The van der Waals surface area contributed by atoms with Gasteiger partial charge in [0.15, 0.2) is 0 Å². The highest BCUT2D eigenvalue weighted by atomic mass is 35.5. The highest BCUT2D eigenvalue weighted by Gasteiger charge is 2.25. The van der Waals surface area contributed by atoms with Crippen molar-refractivity contribution in [3.05, 3.63) is 34.9 Å². The third-order valence-electron chi connectivity index (χ3n) is 3.38. The number of carbonyl (C=O) groups is 1. The van der Waals surface area contributed by atoms with Crippen LogP contribution in [0.2, 0.25) is 5.02 Å².